The molecule has 0 bridgehead atoms. The van der Waals surface area contributed by atoms with Gasteiger partial charge in [-0.2, -0.15) is 13.2 Å². The zero-order chi connectivity index (χ0) is 14.0. The van der Waals surface area contributed by atoms with Crippen LogP contribution in [0.4, 0.5) is 13.2 Å². The van der Waals surface area contributed by atoms with E-state index >= 15 is 0 Å². The molecule has 0 N–H and O–H groups in total. The van der Waals surface area contributed by atoms with Gasteiger partial charge in [-0.25, -0.2) is 0 Å². The lowest BCUT2D eigenvalue weighted by Gasteiger charge is -2.12. The lowest BCUT2D eigenvalue weighted by molar-refractivity contribution is -0.0885. The molecule has 2 rings (SSSR count). The van der Waals surface area contributed by atoms with E-state index in [0.717, 1.165) is 5.56 Å². The Hall–Kier alpha value is -2.10. The summed E-state index contributed by atoms with van der Waals surface area (Å²) in [5.74, 6) is -1.80. The molecular formula is C15H11F3O. The van der Waals surface area contributed by atoms with Gasteiger partial charge in [-0.3, -0.25) is 4.79 Å². The second-order valence-corrected chi connectivity index (χ2v) is 4.17. The van der Waals surface area contributed by atoms with E-state index in [-0.39, 0.29) is 5.56 Å². The van der Waals surface area contributed by atoms with Crippen LogP contribution in [0.2, 0.25) is 0 Å². The molecule has 2 aromatic carbocycles. The molecule has 0 aliphatic heterocycles. The Balaban J connectivity index is 2.54. The number of rotatable bonds is 2. The number of hydrogen-bond donors (Lipinski definition) is 0. The smallest absolute Gasteiger partial charge is 0.284 e. The van der Waals surface area contributed by atoms with Crippen LogP contribution in [0.5, 0.6) is 0 Å². The Morgan fingerprint density at radius 1 is 0.947 bits per heavy atom. The van der Waals surface area contributed by atoms with Gasteiger partial charge in [-0.1, -0.05) is 48.5 Å². The zero-order valence-electron chi connectivity index (χ0n) is 10.2. The standard InChI is InChI=1S/C15H11F3O/c1-10-12(11-6-3-2-4-7-11)8-5-9-13(10)14(19)15(16,17)18/h2-9H,1H3. The molecule has 0 fully saturated rings. The van der Waals surface area contributed by atoms with Gasteiger partial charge in [0, 0.05) is 5.56 Å². The zero-order valence-corrected chi connectivity index (χ0v) is 10.2. The summed E-state index contributed by atoms with van der Waals surface area (Å²) in [4.78, 5) is 11.3. The van der Waals surface area contributed by atoms with Crippen LogP contribution in [0, 0.1) is 6.92 Å². The van der Waals surface area contributed by atoms with E-state index in [4.69, 9.17) is 0 Å². The lowest BCUT2D eigenvalue weighted by atomic mass is 9.94. The van der Waals surface area contributed by atoms with Crippen molar-refractivity contribution in [2.45, 2.75) is 13.1 Å². The lowest BCUT2D eigenvalue weighted by Crippen LogP contribution is -2.23. The molecule has 98 valence electrons. The summed E-state index contributed by atoms with van der Waals surface area (Å²) in [7, 11) is 0. The number of benzene rings is 2. The maximum Gasteiger partial charge on any atom is 0.454 e. The molecule has 0 amide bonds. The number of alkyl halides is 3. The van der Waals surface area contributed by atoms with E-state index in [0.29, 0.717) is 11.1 Å². The van der Waals surface area contributed by atoms with Gasteiger partial charge in [-0.05, 0) is 23.6 Å². The first-order valence-electron chi connectivity index (χ1n) is 5.68. The van der Waals surface area contributed by atoms with Gasteiger partial charge in [0.25, 0.3) is 5.78 Å². The van der Waals surface area contributed by atoms with Gasteiger partial charge in [0.15, 0.2) is 0 Å². The van der Waals surface area contributed by atoms with Crippen molar-refractivity contribution < 1.29 is 18.0 Å². The first-order valence-corrected chi connectivity index (χ1v) is 5.68. The molecule has 0 aliphatic carbocycles. The summed E-state index contributed by atoms with van der Waals surface area (Å²) in [5, 5.41) is 0. The number of carbonyl (C=O) groups excluding carboxylic acids is 1. The summed E-state index contributed by atoms with van der Waals surface area (Å²) in [6.45, 7) is 1.53. The third-order valence-corrected chi connectivity index (χ3v) is 2.92. The SMILES string of the molecule is Cc1c(C(=O)C(F)(F)F)cccc1-c1ccccc1. The Kier molecular flexibility index (Phi) is 3.42. The van der Waals surface area contributed by atoms with E-state index in [2.05, 4.69) is 0 Å². The summed E-state index contributed by atoms with van der Waals surface area (Å²) in [6, 6.07) is 13.4. The molecule has 0 saturated carbocycles. The monoisotopic (exact) mass is 264 g/mol. The minimum atomic E-state index is -4.85. The second kappa shape index (κ2) is 4.88. The van der Waals surface area contributed by atoms with E-state index < -0.39 is 12.0 Å². The highest BCUT2D eigenvalue weighted by Crippen LogP contribution is 2.29. The first-order chi connectivity index (χ1) is 8.91. The molecule has 4 heteroatoms. The summed E-state index contributed by atoms with van der Waals surface area (Å²) in [5.41, 5.74) is 1.47. The summed E-state index contributed by atoms with van der Waals surface area (Å²) >= 11 is 0. The van der Waals surface area contributed by atoms with E-state index in [1.807, 2.05) is 6.07 Å². The van der Waals surface area contributed by atoms with Gasteiger partial charge < -0.3 is 0 Å². The van der Waals surface area contributed by atoms with E-state index in [1.54, 1.807) is 30.3 Å². The molecule has 0 saturated heterocycles. The topological polar surface area (TPSA) is 17.1 Å². The van der Waals surface area contributed by atoms with E-state index in [9.17, 15) is 18.0 Å². The normalized spacial score (nSPS) is 11.4. The number of carbonyl (C=O) groups is 1. The number of halogens is 3. The Morgan fingerprint density at radius 2 is 1.58 bits per heavy atom. The van der Waals surface area contributed by atoms with Crippen molar-refractivity contribution >= 4 is 5.78 Å². The van der Waals surface area contributed by atoms with Crippen molar-refractivity contribution in [1.82, 2.24) is 0 Å². The maximum absolute atomic E-state index is 12.5. The molecule has 0 atom stereocenters. The minimum absolute atomic E-state index is 0.297. The van der Waals surface area contributed by atoms with Crippen LogP contribution in [0.15, 0.2) is 48.5 Å². The summed E-state index contributed by atoms with van der Waals surface area (Å²) in [6.07, 6.45) is -4.85. The summed E-state index contributed by atoms with van der Waals surface area (Å²) < 4.78 is 37.5. The van der Waals surface area contributed by atoms with Crippen LogP contribution in [-0.4, -0.2) is 12.0 Å². The van der Waals surface area contributed by atoms with Crippen molar-refractivity contribution in [3.8, 4) is 11.1 Å². The van der Waals surface area contributed by atoms with Gasteiger partial charge in [0.1, 0.15) is 0 Å². The van der Waals surface area contributed by atoms with Gasteiger partial charge in [0.2, 0.25) is 0 Å². The fourth-order valence-electron chi connectivity index (χ4n) is 1.96. The van der Waals surface area contributed by atoms with Crippen LogP contribution in [0.25, 0.3) is 11.1 Å². The second-order valence-electron chi connectivity index (χ2n) is 4.17. The molecule has 0 aromatic heterocycles. The molecule has 19 heavy (non-hydrogen) atoms. The number of hydrogen-bond acceptors (Lipinski definition) is 1. The van der Waals surface area contributed by atoms with Crippen LogP contribution in [0.3, 0.4) is 0 Å². The third-order valence-electron chi connectivity index (χ3n) is 2.92. The van der Waals surface area contributed by atoms with E-state index in [1.165, 1.54) is 19.1 Å². The average Bonchev–Trinajstić information content (AvgIpc) is 2.38. The fraction of sp³-hybridized carbons (Fsp3) is 0.133. The van der Waals surface area contributed by atoms with Crippen LogP contribution in [-0.2, 0) is 0 Å². The molecule has 0 spiro atoms. The van der Waals surface area contributed by atoms with Gasteiger partial charge in [-0.15, -0.1) is 0 Å². The molecule has 0 unspecified atom stereocenters. The maximum atomic E-state index is 12.5. The molecule has 0 aliphatic rings. The molecule has 2 aromatic rings. The van der Waals surface area contributed by atoms with Crippen molar-refractivity contribution in [3.63, 3.8) is 0 Å². The molecule has 0 heterocycles. The third kappa shape index (κ3) is 2.67. The minimum Gasteiger partial charge on any atom is -0.284 e. The Labute approximate surface area is 108 Å². The number of Topliss-reactive ketones (excluding diaryl/α,β-unsaturated/α-hetero) is 1. The Bertz CT molecular complexity index is 601. The first kappa shape index (κ1) is 13.3. The van der Waals surface area contributed by atoms with Crippen molar-refractivity contribution in [2.75, 3.05) is 0 Å². The fourth-order valence-corrected chi connectivity index (χ4v) is 1.96. The predicted molar refractivity (Wildman–Crippen MR) is 67.0 cm³/mol. The van der Waals surface area contributed by atoms with Crippen LogP contribution >= 0.6 is 0 Å². The molecule has 1 nitrogen and oxygen atoms in total. The molecule has 0 radical (unpaired) electrons. The highest BCUT2D eigenvalue weighted by Gasteiger charge is 2.40. The van der Waals surface area contributed by atoms with Crippen molar-refractivity contribution in [3.05, 3.63) is 59.7 Å². The largest absolute Gasteiger partial charge is 0.454 e. The van der Waals surface area contributed by atoms with Gasteiger partial charge >= 0.3 is 6.18 Å². The van der Waals surface area contributed by atoms with Gasteiger partial charge in [0.05, 0.1) is 0 Å². The average molecular weight is 264 g/mol. The Morgan fingerprint density at radius 3 is 2.16 bits per heavy atom. The van der Waals surface area contributed by atoms with Crippen LogP contribution in [0.1, 0.15) is 15.9 Å². The quantitative estimate of drug-likeness (QED) is 0.734. The molecular weight excluding hydrogens is 253 g/mol. The highest BCUT2D eigenvalue weighted by molar-refractivity contribution is 6.02. The predicted octanol–water partition coefficient (Wildman–Crippen LogP) is 4.41. The van der Waals surface area contributed by atoms with Crippen molar-refractivity contribution in [2.24, 2.45) is 0 Å². The number of ketones is 1. The van der Waals surface area contributed by atoms with Crippen LogP contribution < -0.4 is 0 Å². The highest BCUT2D eigenvalue weighted by atomic mass is 19.4. The van der Waals surface area contributed by atoms with Crippen molar-refractivity contribution in [1.29, 1.82) is 0 Å².